The molecular formula is C11H24N+. The maximum atomic E-state index is 3.95. The average Bonchev–Trinajstić information content (AvgIpc) is 2.08. The summed E-state index contributed by atoms with van der Waals surface area (Å²) >= 11 is 0. The lowest BCUT2D eigenvalue weighted by atomic mass is 10.2. The van der Waals surface area contributed by atoms with Crippen molar-refractivity contribution in [1.29, 1.82) is 0 Å². The molecule has 1 nitrogen and oxygen atoms in total. The minimum Gasteiger partial charge on any atom is -0.324 e. The molecule has 0 radical (unpaired) electrons. The number of quaternary nitrogens is 1. The van der Waals surface area contributed by atoms with E-state index in [1.165, 1.54) is 42.7 Å². The summed E-state index contributed by atoms with van der Waals surface area (Å²) in [6.45, 7) is 17.9. The third-order valence-corrected chi connectivity index (χ3v) is 3.03. The van der Waals surface area contributed by atoms with E-state index in [1.807, 2.05) is 0 Å². The summed E-state index contributed by atoms with van der Waals surface area (Å²) in [4.78, 5) is 0. The van der Waals surface area contributed by atoms with Crippen molar-refractivity contribution in [1.82, 2.24) is 0 Å². The average molecular weight is 170 g/mol. The van der Waals surface area contributed by atoms with Crippen molar-refractivity contribution in [2.45, 2.75) is 34.1 Å². The number of hydrogen-bond donors (Lipinski definition) is 0. The van der Waals surface area contributed by atoms with Gasteiger partial charge < -0.3 is 4.48 Å². The van der Waals surface area contributed by atoms with Crippen LogP contribution in [0.1, 0.15) is 34.1 Å². The van der Waals surface area contributed by atoms with E-state index in [0.29, 0.717) is 0 Å². The van der Waals surface area contributed by atoms with Crippen LogP contribution in [-0.4, -0.2) is 30.7 Å². The van der Waals surface area contributed by atoms with Crippen LogP contribution >= 0.6 is 0 Å². The highest BCUT2D eigenvalue weighted by molar-refractivity contribution is 4.87. The molecule has 0 aromatic rings. The molecule has 0 aliphatic carbocycles. The lowest BCUT2D eigenvalue weighted by molar-refractivity contribution is -0.923. The monoisotopic (exact) mass is 170 g/mol. The third kappa shape index (κ3) is 3.40. The van der Waals surface area contributed by atoms with Gasteiger partial charge in [0.15, 0.2) is 0 Å². The van der Waals surface area contributed by atoms with Gasteiger partial charge in [-0.3, -0.25) is 0 Å². The Labute approximate surface area is 77.7 Å². The van der Waals surface area contributed by atoms with E-state index in [2.05, 4.69) is 34.3 Å². The van der Waals surface area contributed by atoms with E-state index in [0.717, 1.165) is 0 Å². The minimum absolute atomic E-state index is 1.18. The van der Waals surface area contributed by atoms with Crippen LogP contribution in [0.5, 0.6) is 0 Å². The second-order valence-electron chi connectivity index (χ2n) is 3.72. The third-order valence-electron chi connectivity index (χ3n) is 3.03. The minimum atomic E-state index is 1.18. The summed E-state index contributed by atoms with van der Waals surface area (Å²) in [7, 11) is 0. The molecule has 72 valence electrons. The second kappa shape index (κ2) is 5.36. The molecular weight excluding hydrogens is 146 g/mol. The number of nitrogens with zero attached hydrogens (tertiary/aromatic N) is 1. The first kappa shape index (κ1) is 11.7. The van der Waals surface area contributed by atoms with E-state index in [4.69, 9.17) is 0 Å². The molecule has 0 saturated heterocycles. The first-order valence-electron chi connectivity index (χ1n) is 5.09. The van der Waals surface area contributed by atoms with Gasteiger partial charge in [0.05, 0.1) is 26.2 Å². The zero-order valence-corrected chi connectivity index (χ0v) is 9.19. The van der Waals surface area contributed by atoms with Gasteiger partial charge in [0.25, 0.3) is 0 Å². The fourth-order valence-electron chi connectivity index (χ4n) is 1.57. The van der Waals surface area contributed by atoms with Gasteiger partial charge in [-0.1, -0.05) is 12.2 Å². The van der Waals surface area contributed by atoms with Gasteiger partial charge in [-0.05, 0) is 27.7 Å². The van der Waals surface area contributed by atoms with Crippen molar-refractivity contribution in [3.63, 3.8) is 0 Å². The summed E-state index contributed by atoms with van der Waals surface area (Å²) in [6, 6.07) is 0. The van der Waals surface area contributed by atoms with Crippen molar-refractivity contribution in [3.05, 3.63) is 12.2 Å². The summed E-state index contributed by atoms with van der Waals surface area (Å²) in [6.07, 6.45) is 1.18. The highest BCUT2D eigenvalue weighted by Gasteiger charge is 2.19. The molecule has 12 heavy (non-hydrogen) atoms. The van der Waals surface area contributed by atoms with Crippen LogP contribution in [0.25, 0.3) is 0 Å². The van der Waals surface area contributed by atoms with Gasteiger partial charge in [-0.25, -0.2) is 0 Å². The van der Waals surface area contributed by atoms with Crippen LogP contribution < -0.4 is 0 Å². The Morgan fingerprint density at radius 1 is 1.08 bits per heavy atom. The fraction of sp³-hybridized carbons (Fsp3) is 0.818. The molecule has 0 bridgehead atoms. The van der Waals surface area contributed by atoms with Crippen LogP contribution in [0.4, 0.5) is 0 Å². The first-order valence-corrected chi connectivity index (χ1v) is 5.09. The van der Waals surface area contributed by atoms with Crippen LogP contribution in [0.3, 0.4) is 0 Å². The zero-order chi connectivity index (χ0) is 9.61. The van der Waals surface area contributed by atoms with E-state index in [9.17, 15) is 0 Å². The topological polar surface area (TPSA) is 0 Å². The van der Waals surface area contributed by atoms with Crippen molar-refractivity contribution in [2.75, 3.05) is 26.2 Å². The van der Waals surface area contributed by atoms with Crippen LogP contribution in [0.2, 0.25) is 0 Å². The van der Waals surface area contributed by atoms with Crippen molar-refractivity contribution in [3.8, 4) is 0 Å². The predicted octanol–water partition coefficient (Wildman–Crippen LogP) is 2.83. The zero-order valence-electron chi connectivity index (χ0n) is 9.19. The maximum Gasteiger partial charge on any atom is 0.0823 e. The normalized spacial score (nSPS) is 11.7. The Morgan fingerprint density at radius 2 is 1.50 bits per heavy atom. The molecule has 0 amide bonds. The predicted molar refractivity (Wildman–Crippen MR) is 56.2 cm³/mol. The quantitative estimate of drug-likeness (QED) is 0.425. The molecule has 0 aromatic heterocycles. The van der Waals surface area contributed by atoms with Crippen LogP contribution in [0, 0.1) is 0 Å². The molecule has 0 atom stereocenters. The molecule has 0 heterocycles. The molecule has 0 N–H and O–H groups in total. The summed E-state index contributed by atoms with van der Waals surface area (Å²) in [5.41, 5.74) is 1.31. The van der Waals surface area contributed by atoms with Gasteiger partial charge in [-0.15, -0.1) is 0 Å². The molecule has 0 rings (SSSR count). The van der Waals surface area contributed by atoms with Crippen LogP contribution in [0.15, 0.2) is 12.2 Å². The molecule has 0 unspecified atom stereocenters. The SMILES string of the molecule is C=C(C)CC[N+](CC)(CC)CC. The first-order chi connectivity index (χ1) is 5.60. The number of rotatable bonds is 6. The Morgan fingerprint density at radius 3 is 1.75 bits per heavy atom. The Kier molecular flexibility index (Phi) is 5.23. The van der Waals surface area contributed by atoms with E-state index < -0.39 is 0 Å². The number of hydrogen-bond acceptors (Lipinski definition) is 0. The summed E-state index contributed by atoms with van der Waals surface area (Å²) in [5, 5.41) is 0. The largest absolute Gasteiger partial charge is 0.324 e. The van der Waals surface area contributed by atoms with E-state index in [1.54, 1.807) is 0 Å². The highest BCUT2D eigenvalue weighted by Crippen LogP contribution is 2.09. The van der Waals surface area contributed by atoms with Gasteiger partial charge >= 0.3 is 0 Å². The summed E-state index contributed by atoms with van der Waals surface area (Å²) < 4.78 is 1.24. The molecule has 0 spiro atoms. The molecule has 0 fully saturated rings. The second-order valence-corrected chi connectivity index (χ2v) is 3.72. The fourth-order valence-corrected chi connectivity index (χ4v) is 1.57. The maximum absolute atomic E-state index is 3.95. The van der Waals surface area contributed by atoms with Crippen LogP contribution in [-0.2, 0) is 0 Å². The Bertz CT molecular complexity index is 126. The van der Waals surface area contributed by atoms with E-state index in [-0.39, 0.29) is 0 Å². The standard InChI is InChI=1S/C11H24N/c1-6-12(7-2,8-3)10-9-11(4)5/h4,6-10H2,1-3,5H3/q+1. The smallest absolute Gasteiger partial charge is 0.0823 e. The lowest BCUT2D eigenvalue weighted by Gasteiger charge is -2.35. The van der Waals surface area contributed by atoms with Gasteiger partial charge in [0.2, 0.25) is 0 Å². The van der Waals surface area contributed by atoms with Crippen molar-refractivity contribution >= 4 is 0 Å². The van der Waals surface area contributed by atoms with Gasteiger partial charge in [0.1, 0.15) is 0 Å². The molecule has 0 aromatic carbocycles. The Balaban J connectivity index is 4.01. The highest BCUT2D eigenvalue weighted by atomic mass is 15.3. The molecule has 1 heteroatoms. The van der Waals surface area contributed by atoms with Crippen molar-refractivity contribution in [2.24, 2.45) is 0 Å². The molecule has 0 saturated carbocycles. The Hall–Kier alpha value is -0.300. The molecule has 0 aliphatic rings. The van der Waals surface area contributed by atoms with Gasteiger partial charge in [0, 0.05) is 6.42 Å². The molecule has 0 aliphatic heterocycles. The van der Waals surface area contributed by atoms with E-state index >= 15 is 0 Å². The van der Waals surface area contributed by atoms with Gasteiger partial charge in [-0.2, -0.15) is 0 Å². The summed E-state index contributed by atoms with van der Waals surface area (Å²) in [5.74, 6) is 0. The van der Waals surface area contributed by atoms with Crippen molar-refractivity contribution < 1.29 is 4.48 Å². The lowest BCUT2D eigenvalue weighted by Crippen LogP contribution is -2.48.